The topological polar surface area (TPSA) is 84.9 Å². The highest BCUT2D eigenvalue weighted by Gasteiger charge is 2.54. The highest BCUT2D eigenvalue weighted by atomic mass is 16.5. The minimum absolute atomic E-state index is 0.329. The summed E-state index contributed by atoms with van der Waals surface area (Å²) in [6.07, 6.45) is 2.18. The standard InChI is InChI=1S/C22H22N2O5/c1-28-18-10-9-15(12-19(18)29-2)17(25)13-24-20(26)22(23-21(24)27)11-5-7-14-6-3-4-8-16(14)22/h3-4,6,8-10,12H,5,7,11,13H2,1-2H3,(H,23,27)/t22-/m0/s1. The maximum absolute atomic E-state index is 13.3. The highest BCUT2D eigenvalue weighted by molar-refractivity contribution is 6.11. The van der Waals surface area contributed by atoms with E-state index >= 15 is 0 Å². The monoisotopic (exact) mass is 394 g/mol. The molecule has 7 heteroatoms. The first kappa shape index (κ1) is 19.0. The lowest BCUT2D eigenvalue weighted by atomic mass is 9.76. The molecule has 29 heavy (non-hydrogen) atoms. The van der Waals surface area contributed by atoms with Crippen LogP contribution in [0.15, 0.2) is 42.5 Å². The molecule has 1 saturated heterocycles. The molecule has 3 amide bonds. The van der Waals surface area contributed by atoms with Gasteiger partial charge >= 0.3 is 6.03 Å². The molecule has 1 heterocycles. The number of rotatable bonds is 5. The Morgan fingerprint density at radius 3 is 2.62 bits per heavy atom. The number of ketones is 1. The first-order valence-corrected chi connectivity index (χ1v) is 9.48. The van der Waals surface area contributed by atoms with Crippen LogP contribution in [0.25, 0.3) is 0 Å². The van der Waals surface area contributed by atoms with Gasteiger partial charge in [0.15, 0.2) is 17.3 Å². The second-order valence-corrected chi connectivity index (χ2v) is 7.23. The number of ether oxygens (including phenoxy) is 2. The first-order valence-electron chi connectivity index (χ1n) is 9.48. The third-order valence-corrected chi connectivity index (χ3v) is 5.66. The van der Waals surface area contributed by atoms with Crippen molar-refractivity contribution in [3.05, 3.63) is 59.2 Å². The summed E-state index contributed by atoms with van der Waals surface area (Å²) in [6.45, 7) is -0.329. The third kappa shape index (κ3) is 3.03. The molecule has 1 N–H and O–H groups in total. The van der Waals surface area contributed by atoms with Gasteiger partial charge in [-0.05, 0) is 48.6 Å². The van der Waals surface area contributed by atoms with Crippen LogP contribution in [0, 0.1) is 0 Å². The lowest BCUT2D eigenvalue weighted by molar-refractivity contribution is -0.131. The van der Waals surface area contributed by atoms with Crippen LogP contribution in [-0.4, -0.2) is 43.4 Å². The zero-order chi connectivity index (χ0) is 20.6. The van der Waals surface area contributed by atoms with Crippen LogP contribution in [0.3, 0.4) is 0 Å². The van der Waals surface area contributed by atoms with Gasteiger partial charge in [-0.15, -0.1) is 0 Å². The zero-order valence-electron chi connectivity index (χ0n) is 16.4. The predicted molar refractivity (Wildman–Crippen MR) is 105 cm³/mol. The number of amides is 3. The predicted octanol–water partition coefficient (Wildman–Crippen LogP) is 2.67. The quantitative estimate of drug-likeness (QED) is 0.623. The average molecular weight is 394 g/mol. The van der Waals surface area contributed by atoms with Gasteiger partial charge in [-0.1, -0.05) is 24.3 Å². The number of benzene rings is 2. The number of Topliss-reactive ketones (excluding diaryl/α,β-unsaturated/α-hetero) is 1. The largest absolute Gasteiger partial charge is 0.493 e. The van der Waals surface area contributed by atoms with E-state index < -0.39 is 11.6 Å². The summed E-state index contributed by atoms with van der Waals surface area (Å²) >= 11 is 0. The smallest absolute Gasteiger partial charge is 0.325 e. The van der Waals surface area contributed by atoms with Gasteiger partial charge in [0.25, 0.3) is 5.91 Å². The van der Waals surface area contributed by atoms with E-state index in [1.54, 1.807) is 18.2 Å². The van der Waals surface area contributed by atoms with Gasteiger partial charge < -0.3 is 14.8 Å². The second-order valence-electron chi connectivity index (χ2n) is 7.23. The van der Waals surface area contributed by atoms with Crippen LogP contribution in [0.5, 0.6) is 11.5 Å². The third-order valence-electron chi connectivity index (χ3n) is 5.66. The fourth-order valence-electron chi connectivity index (χ4n) is 4.20. The number of aryl methyl sites for hydroxylation is 1. The van der Waals surface area contributed by atoms with Crippen molar-refractivity contribution in [3.63, 3.8) is 0 Å². The minimum atomic E-state index is -1.08. The zero-order valence-corrected chi connectivity index (χ0v) is 16.4. The molecule has 0 aromatic heterocycles. The van der Waals surface area contributed by atoms with Crippen LogP contribution in [0.4, 0.5) is 4.79 Å². The number of hydrogen-bond acceptors (Lipinski definition) is 5. The van der Waals surface area contributed by atoms with Crippen LogP contribution in [-0.2, 0) is 16.8 Å². The summed E-state index contributed by atoms with van der Waals surface area (Å²) in [6, 6.07) is 11.9. The molecule has 4 rings (SSSR count). The number of hydrogen-bond donors (Lipinski definition) is 1. The summed E-state index contributed by atoms with van der Waals surface area (Å²) in [4.78, 5) is 39.8. The number of methoxy groups -OCH3 is 2. The molecule has 0 radical (unpaired) electrons. The Morgan fingerprint density at radius 1 is 1.10 bits per heavy atom. The Hall–Kier alpha value is -3.35. The van der Waals surface area contributed by atoms with Crippen LogP contribution in [0.2, 0.25) is 0 Å². The molecule has 1 spiro atoms. The van der Waals surface area contributed by atoms with Crippen LogP contribution < -0.4 is 14.8 Å². The summed E-state index contributed by atoms with van der Waals surface area (Å²) in [5.41, 5.74) is 1.14. The molecule has 150 valence electrons. The van der Waals surface area contributed by atoms with Crippen molar-refractivity contribution in [3.8, 4) is 11.5 Å². The van der Waals surface area contributed by atoms with Gasteiger partial charge in [-0.25, -0.2) is 4.79 Å². The van der Waals surface area contributed by atoms with Crippen molar-refractivity contribution in [1.29, 1.82) is 0 Å². The number of fused-ring (bicyclic) bond motifs is 2. The molecule has 2 aliphatic rings. The maximum Gasteiger partial charge on any atom is 0.325 e. The van der Waals surface area contributed by atoms with Crippen molar-refractivity contribution in [2.45, 2.75) is 24.8 Å². The van der Waals surface area contributed by atoms with E-state index in [-0.39, 0.29) is 18.2 Å². The Labute approximate surface area is 168 Å². The fraction of sp³-hybridized carbons (Fsp3) is 0.318. The summed E-state index contributed by atoms with van der Waals surface area (Å²) in [5, 5.41) is 2.86. The lowest BCUT2D eigenvalue weighted by Gasteiger charge is -2.33. The first-order chi connectivity index (χ1) is 14.0. The minimum Gasteiger partial charge on any atom is -0.493 e. The van der Waals surface area contributed by atoms with E-state index in [0.29, 0.717) is 23.5 Å². The molecule has 1 aliphatic heterocycles. The van der Waals surface area contributed by atoms with E-state index in [1.807, 2.05) is 24.3 Å². The molecular formula is C22H22N2O5. The van der Waals surface area contributed by atoms with Crippen molar-refractivity contribution in [2.75, 3.05) is 20.8 Å². The molecule has 1 atom stereocenters. The maximum atomic E-state index is 13.3. The summed E-state index contributed by atoms with van der Waals surface area (Å²) < 4.78 is 10.4. The molecule has 0 unspecified atom stereocenters. The summed E-state index contributed by atoms with van der Waals surface area (Å²) in [5.74, 6) is 0.184. The normalized spacial score (nSPS) is 20.4. The molecule has 1 fully saturated rings. The van der Waals surface area contributed by atoms with E-state index in [0.717, 1.165) is 28.9 Å². The van der Waals surface area contributed by atoms with Crippen molar-refractivity contribution in [2.24, 2.45) is 0 Å². The van der Waals surface area contributed by atoms with Gasteiger partial charge in [0.1, 0.15) is 5.54 Å². The van der Waals surface area contributed by atoms with Crippen molar-refractivity contribution >= 4 is 17.7 Å². The molecule has 0 bridgehead atoms. The van der Waals surface area contributed by atoms with E-state index in [4.69, 9.17) is 9.47 Å². The van der Waals surface area contributed by atoms with Crippen LogP contribution in [0.1, 0.15) is 34.3 Å². The SMILES string of the molecule is COc1ccc(C(=O)CN2C(=O)N[C@]3(CCCc4ccccc43)C2=O)cc1OC. The number of nitrogens with zero attached hydrogens (tertiary/aromatic N) is 1. The Balaban J connectivity index is 1.61. The Kier molecular flexibility index (Phi) is 4.74. The molecule has 0 saturated carbocycles. The van der Waals surface area contributed by atoms with Crippen molar-refractivity contribution in [1.82, 2.24) is 10.2 Å². The van der Waals surface area contributed by atoms with E-state index in [2.05, 4.69) is 5.32 Å². The van der Waals surface area contributed by atoms with Gasteiger partial charge in [0, 0.05) is 5.56 Å². The molecule has 2 aromatic carbocycles. The number of urea groups is 1. The van der Waals surface area contributed by atoms with Gasteiger partial charge in [0.2, 0.25) is 0 Å². The molecule has 2 aromatic rings. The Morgan fingerprint density at radius 2 is 1.86 bits per heavy atom. The van der Waals surface area contributed by atoms with E-state index in [9.17, 15) is 14.4 Å². The number of carbonyl (C=O) groups excluding carboxylic acids is 3. The number of carbonyl (C=O) groups is 3. The van der Waals surface area contributed by atoms with Crippen LogP contribution >= 0.6 is 0 Å². The lowest BCUT2D eigenvalue weighted by Crippen LogP contribution is -2.46. The number of nitrogens with one attached hydrogen (secondary N) is 1. The molecule has 7 nitrogen and oxygen atoms in total. The number of imide groups is 1. The van der Waals surface area contributed by atoms with Gasteiger partial charge in [-0.2, -0.15) is 0 Å². The fourth-order valence-corrected chi connectivity index (χ4v) is 4.20. The van der Waals surface area contributed by atoms with Gasteiger partial charge in [0.05, 0.1) is 20.8 Å². The summed E-state index contributed by atoms with van der Waals surface area (Å²) in [7, 11) is 2.99. The van der Waals surface area contributed by atoms with Gasteiger partial charge in [-0.3, -0.25) is 14.5 Å². The second kappa shape index (κ2) is 7.24. The molecular weight excluding hydrogens is 372 g/mol. The Bertz CT molecular complexity index is 1000. The highest BCUT2D eigenvalue weighted by Crippen LogP contribution is 2.40. The van der Waals surface area contributed by atoms with E-state index in [1.165, 1.54) is 14.2 Å². The van der Waals surface area contributed by atoms with Crippen molar-refractivity contribution < 1.29 is 23.9 Å². The molecule has 1 aliphatic carbocycles. The average Bonchev–Trinajstić information content (AvgIpc) is 2.98.